The van der Waals surface area contributed by atoms with Crippen molar-refractivity contribution in [3.8, 4) is 0 Å². The normalized spacial score (nSPS) is 12.0. The van der Waals surface area contributed by atoms with Crippen LogP contribution in [0.1, 0.15) is 31.4 Å². The summed E-state index contributed by atoms with van der Waals surface area (Å²) in [6, 6.07) is 21.9. The van der Waals surface area contributed by atoms with E-state index < -0.39 is 28.5 Å². The largest absolute Gasteiger partial charge is 0.355 e. The average molecular weight is 634 g/mol. The maximum Gasteiger partial charge on any atom is 0.264 e. The number of nitrogens with zero attached hydrogens (tertiary/aromatic N) is 2. The molecular formula is C28H32IN3O4S. The summed E-state index contributed by atoms with van der Waals surface area (Å²) in [6.45, 7) is 5.78. The Morgan fingerprint density at radius 2 is 1.54 bits per heavy atom. The predicted octanol–water partition coefficient (Wildman–Crippen LogP) is 4.74. The Kier molecular flexibility index (Phi) is 10.1. The third-order valence-corrected chi connectivity index (χ3v) is 8.57. The molecule has 196 valence electrons. The summed E-state index contributed by atoms with van der Waals surface area (Å²) in [5.74, 6) is -0.724. The molecule has 0 saturated heterocycles. The quantitative estimate of drug-likeness (QED) is 0.310. The van der Waals surface area contributed by atoms with Crippen molar-refractivity contribution in [1.82, 2.24) is 10.2 Å². The molecule has 0 fully saturated rings. The zero-order valence-corrected chi connectivity index (χ0v) is 24.2. The van der Waals surface area contributed by atoms with Crippen molar-refractivity contribution in [3.05, 3.63) is 93.6 Å². The number of hydrogen-bond acceptors (Lipinski definition) is 4. The number of amides is 2. The van der Waals surface area contributed by atoms with Crippen molar-refractivity contribution in [3.63, 3.8) is 0 Å². The highest BCUT2D eigenvalue weighted by Crippen LogP contribution is 2.25. The van der Waals surface area contributed by atoms with Gasteiger partial charge in [-0.3, -0.25) is 13.9 Å². The number of nitrogens with one attached hydrogen (secondary N) is 1. The molecule has 0 spiro atoms. The molecule has 3 aromatic carbocycles. The number of aryl methyl sites for hydroxylation is 1. The highest BCUT2D eigenvalue weighted by Gasteiger charge is 2.33. The molecule has 1 atom stereocenters. The number of hydrogen-bond donors (Lipinski definition) is 1. The number of anilines is 1. The van der Waals surface area contributed by atoms with E-state index in [2.05, 4.69) is 27.9 Å². The lowest BCUT2D eigenvalue weighted by molar-refractivity contribution is -0.140. The van der Waals surface area contributed by atoms with Crippen LogP contribution in [0.5, 0.6) is 0 Å². The molecule has 0 aliphatic carbocycles. The fraction of sp³-hybridized carbons (Fsp3) is 0.286. The Bertz CT molecular complexity index is 1310. The standard InChI is InChI=1S/C28H32IN3O4S/c1-4-26(28(34)30-5-2)31(19-22-12-10-9-11-21(22)3)27(33)20-32(24-17-15-23(29)16-18-24)37(35,36)25-13-7-6-8-14-25/h6-18,26H,4-5,19-20H2,1-3H3,(H,30,34)/t26-/m1/s1. The van der Waals surface area contributed by atoms with E-state index in [0.717, 1.165) is 19.0 Å². The first-order valence-electron chi connectivity index (χ1n) is 12.1. The van der Waals surface area contributed by atoms with Gasteiger partial charge in [0.1, 0.15) is 12.6 Å². The van der Waals surface area contributed by atoms with Gasteiger partial charge in [0.25, 0.3) is 10.0 Å². The lowest BCUT2D eigenvalue weighted by Gasteiger charge is -2.33. The second kappa shape index (κ2) is 13.0. The van der Waals surface area contributed by atoms with Crippen LogP contribution in [0, 0.1) is 10.5 Å². The molecule has 0 aromatic heterocycles. The van der Waals surface area contributed by atoms with Crippen molar-refractivity contribution >= 4 is 50.1 Å². The highest BCUT2D eigenvalue weighted by atomic mass is 127. The van der Waals surface area contributed by atoms with Gasteiger partial charge in [0, 0.05) is 16.7 Å². The second-order valence-corrected chi connectivity index (χ2v) is 11.7. The molecular weight excluding hydrogens is 601 g/mol. The molecule has 0 saturated carbocycles. The Morgan fingerprint density at radius 1 is 0.919 bits per heavy atom. The summed E-state index contributed by atoms with van der Waals surface area (Å²) in [5, 5.41) is 2.81. The van der Waals surface area contributed by atoms with Crippen molar-refractivity contribution < 1.29 is 18.0 Å². The van der Waals surface area contributed by atoms with E-state index in [4.69, 9.17) is 0 Å². The molecule has 0 bridgehead atoms. The minimum Gasteiger partial charge on any atom is -0.355 e. The summed E-state index contributed by atoms with van der Waals surface area (Å²) in [7, 11) is -4.06. The molecule has 0 heterocycles. The predicted molar refractivity (Wildman–Crippen MR) is 155 cm³/mol. The number of carbonyl (C=O) groups excluding carboxylic acids is 2. The van der Waals surface area contributed by atoms with Gasteiger partial charge < -0.3 is 10.2 Å². The highest BCUT2D eigenvalue weighted by molar-refractivity contribution is 14.1. The van der Waals surface area contributed by atoms with E-state index in [-0.39, 0.29) is 17.3 Å². The Morgan fingerprint density at radius 3 is 2.14 bits per heavy atom. The van der Waals surface area contributed by atoms with Gasteiger partial charge >= 0.3 is 0 Å². The van der Waals surface area contributed by atoms with Crippen LogP contribution in [-0.4, -0.2) is 44.3 Å². The third-order valence-electron chi connectivity index (χ3n) is 6.06. The Hall–Kier alpha value is -2.92. The third kappa shape index (κ3) is 7.10. The van der Waals surface area contributed by atoms with Crippen LogP contribution in [0.4, 0.5) is 5.69 Å². The zero-order valence-electron chi connectivity index (χ0n) is 21.2. The van der Waals surface area contributed by atoms with Crippen molar-refractivity contribution in [2.24, 2.45) is 0 Å². The number of sulfonamides is 1. The van der Waals surface area contributed by atoms with E-state index in [0.29, 0.717) is 18.7 Å². The zero-order chi connectivity index (χ0) is 27.0. The van der Waals surface area contributed by atoms with Gasteiger partial charge in [0.05, 0.1) is 10.6 Å². The molecule has 9 heteroatoms. The topological polar surface area (TPSA) is 86.8 Å². The molecule has 1 N–H and O–H groups in total. The maximum absolute atomic E-state index is 13.9. The van der Waals surface area contributed by atoms with Crippen LogP contribution in [-0.2, 0) is 26.2 Å². The molecule has 0 aliphatic heterocycles. The number of halogens is 1. The van der Waals surface area contributed by atoms with Gasteiger partial charge in [0.2, 0.25) is 11.8 Å². The molecule has 7 nitrogen and oxygen atoms in total. The van der Waals surface area contributed by atoms with Gasteiger partial charge in [-0.2, -0.15) is 0 Å². The van der Waals surface area contributed by atoms with Crippen LogP contribution in [0.3, 0.4) is 0 Å². The summed E-state index contributed by atoms with van der Waals surface area (Å²) < 4.78 is 29.5. The van der Waals surface area contributed by atoms with Crippen molar-refractivity contribution in [2.75, 3.05) is 17.4 Å². The van der Waals surface area contributed by atoms with Crippen molar-refractivity contribution in [2.45, 2.75) is 44.7 Å². The molecule has 3 rings (SSSR count). The molecule has 37 heavy (non-hydrogen) atoms. The molecule has 3 aromatic rings. The SMILES string of the molecule is CCNC(=O)[C@@H](CC)N(Cc1ccccc1C)C(=O)CN(c1ccc(I)cc1)S(=O)(=O)c1ccccc1. The number of likely N-dealkylation sites (N-methyl/N-ethyl adjacent to an activating group) is 1. The Labute approximate surface area is 233 Å². The van der Waals surface area contributed by atoms with Crippen LogP contribution in [0.15, 0.2) is 83.8 Å². The number of benzene rings is 3. The number of rotatable bonds is 11. The first-order chi connectivity index (χ1) is 17.7. The fourth-order valence-electron chi connectivity index (χ4n) is 4.04. The van der Waals surface area contributed by atoms with E-state index >= 15 is 0 Å². The van der Waals surface area contributed by atoms with Gasteiger partial charge in [-0.05, 0) is 90.4 Å². The summed E-state index contributed by atoms with van der Waals surface area (Å²) in [5.41, 5.74) is 2.25. The van der Waals surface area contributed by atoms with Crippen LogP contribution < -0.4 is 9.62 Å². The first-order valence-corrected chi connectivity index (χ1v) is 14.7. The van der Waals surface area contributed by atoms with Crippen molar-refractivity contribution in [1.29, 1.82) is 0 Å². The summed E-state index contributed by atoms with van der Waals surface area (Å²) in [6.07, 6.45) is 0.387. The van der Waals surface area contributed by atoms with Gasteiger partial charge in [-0.15, -0.1) is 0 Å². The van der Waals surface area contributed by atoms with E-state index in [1.165, 1.54) is 17.0 Å². The van der Waals surface area contributed by atoms with Crippen LogP contribution in [0.2, 0.25) is 0 Å². The number of carbonyl (C=O) groups is 2. The van der Waals surface area contributed by atoms with E-state index in [9.17, 15) is 18.0 Å². The molecule has 0 unspecified atom stereocenters. The molecule has 0 aliphatic rings. The van der Waals surface area contributed by atoms with Gasteiger partial charge in [0.15, 0.2) is 0 Å². The minimum atomic E-state index is -4.06. The van der Waals surface area contributed by atoms with Crippen LogP contribution in [0.25, 0.3) is 0 Å². The lowest BCUT2D eigenvalue weighted by atomic mass is 10.1. The minimum absolute atomic E-state index is 0.0857. The summed E-state index contributed by atoms with van der Waals surface area (Å²) in [4.78, 5) is 28.5. The second-order valence-electron chi connectivity index (χ2n) is 8.57. The van der Waals surface area contributed by atoms with E-state index in [1.54, 1.807) is 42.5 Å². The average Bonchev–Trinajstić information content (AvgIpc) is 2.89. The monoisotopic (exact) mass is 633 g/mol. The Balaban J connectivity index is 2.05. The first kappa shape index (κ1) is 28.6. The smallest absolute Gasteiger partial charge is 0.264 e. The molecule has 0 radical (unpaired) electrons. The van der Waals surface area contributed by atoms with Gasteiger partial charge in [-0.25, -0.2) is 8.42 Å². The lowest BCUT2D eigenvalue weighted by Crippen LogP contribution is -2.52. The van der Waals surface area contributed by atoms with Gasteiger partial charge in [-0.1, -0.05) is 49.4 Å². The summed E-state index contributed by atoms with van der Waals surface area (Å²) >= 11 is 2.14. The van der Waals surface area contributed by atoms with Crippen LogP contribution >= 0.6 is 22.6 Å². The maximum atomic E-state index is 13.9. The molecule has 2 amide bonds. The fourth-order valence-corrected chi connectivity index (χ4v) is 5.83. The van der Waals surface area contributed by atoms with E-state index in [1.807, 2.05) is 45.0 Å².